The van der Waals surface area contributed by atoms with Crippen LogP contribution in [0.5, 0.6) is 0 Å². The number of fused-ring (bicyclic) bond motifs is 1. The predicted molar refractivity (Wildman–Crippen MR) is 102 cm³/mol. The van der Waals surface area contributed by atoms with Gasteiger partial charge >= 0.3 is 0 Å². The van der Waals surface area contributed by atoms with E-state index in [1.807, 2.05) is 24.0 Å². The molecule has 0 spiro atoms. The molecule has 1 atom stereocenters. The fraction of sp³-hybridized carbons (Fsp3) is 0.316. The Hall–Kier alpha value is -2.74. The van der Waals surface area contributed by atoms with Crippen molar-refractivity contribution in [2.75, 3.05) is 18.4 Å². The van der Waals surface area contributed by atoms with E-state index in [4.69, 9.17) is 0 Å². The Morgan fingerprint density at radius 3 is 2.89 bits per heavy atom. The average Bonchev–Trinajstić information content (AvgIpc) is 2.93. The number of carbonyl (C=O) groups excluding carboxylic acids is 1. The van der Waals surface area contributed by atoms with E-state index in [0.29, 0.717) is 30.3 Å². The summed E-state index contributed by atoms with van der Waals surface area (Å²) in [6.07, 6.45) is 3.20. The molecule has 2 aromatic rings. The smallest absolute Gasteiger partial charge is 0.285 e. The minimum Gasteiger partial charge on any atom is -0.355 e. The first-order chi connectivity index (χ1) is 12.9. The van der Waals surface area contributed by atoms with Crippen LogP contribution >= 0.6 is 0 Å². The van der Waals surface area contributed by atoms with E-state index in [-0.39, 0.29) is 16.7 Å². The number of pyridine rings is 1. The molecule has 1 fully saturated rings. The maximum Gasteiger partial charge on any atom is 0.285 e. The van der Waals surface area contributed by atoms with Crippen LogP contribution in [0.3, 0.4) is 0 Å². The zero-order chi connectivity index (χ0) is 19.0. The summed E-state index contributed by atoms with van der Waals surface area (Å²) < 4.78 is 28.6. The summed E-state index contributed by atoms with van der Waals surface area (Å²) in [6.45, 7) is 3.05. The molecule has 1 amide bonds. The van der Waals surface area contributed by atoms with Crippen LogP contribution in [0, 0.1) is 12.8 Å². The van der Waals surface area contributed by atoms with Gasteiger partial charge in [-0.25, -0.2) is 4.98 Å². The molecule has 1 N–H and O–H groups in total. The van der Waals surface area contributed by atoms with Crippen molar-refractivity contribution in [3.8, 4) is 0 Å². The van der Waals surface area contributed by atoms with E-state index < -0.39 is 10.0 Å². The molecule has 27 heavy (non-hydrogen) atoms. The molecule has 0 unspecified atom stereocenters. The zero-order valence-electron chi connectivity index (χ0n) is 14.9. The number of amidine groups is 1. The van der Waals surface area contributed by atoms with Crippen LogP contribution in [0.15, 0.2) is 51.9 Å². The quantitative estimate of drug-likeness (QED) is 0.857. The van der Waals surface area contributed by atoms with Crippen molar-refractivity contribution in [3.63, 3.8) is 0 Å². The van der Waals surface area contributed by atoms with Crippen molar-refractivity contribution in [2.45, 2.75) is 24.7 Å². The number of amides is 1. The van der Waals surface area contributed by atoms with E-state index >= 15 is 0 Å². The summed E-state index contributed by atoms with van der Waals surface area (Å²) >= 11 is 0. The van der Waals surface area contributed by atoms with Crippen molar-refractivity contribution < 1.29 is 13.2 Å². The fourth-order valence-electron chi connectivity index (χ4n) is 3.53. The molecule has 140 valence electrons. The van der Waals surface area contributed by atoms with Crippen LogP contribution in [-0.4, -0.2) is 43.1 Å². The molecule has 4 rings (SSSR count). The van der Waals surface area contributed by atoms with Crippen molar-refractivity contribution in [1.82, 2.24) is 9.88 Å². The Kier molecular flexibility index (Phi) is 4.43. The van der Waals surface area contributed by atoms with Crippen molar-refractivity contribution in [1.29, 1.82) is 0 Å². The number of aryl methyl sites for hydroxylation is 1. The first-order valence-corrected chi connectivity index (χ1v) is 10.3. The van der Waals surface area contributed by atoms with Gasteiger partial charge in [-0.2, -0.15) is 8.42 Å². The number of hydrogen-bond acceptors (Lipinski definition) is 5. The largest absolute Gasteiger partial charge is 0.355 e. The minimum absolute atomic E-state index is 0.104. The highest BCUT2D eigenvalue weighted by Gasteiger charge is 2.35. The van der Waals surface area contributed by atoms with Crippen molar-refractivity contribution in [2.24, 2.45) is 10.3 Å². The SMILES string of the molecule is Cc1ccnc(NC(=O)[C@H]2CCCN(C3=NS(=O)(=O)c4ccccc43)C2)c1. The second kappa shape index (κ2) is 6.77. The molecule has 3 heterocycles. The monoisotopic (exact) mass is 384 g/mol. The molecule has 1 aromatic carbocycles. The Labute approximate surface area is 158 Å². The Balaban J connectivity index is 1.53. The third kappa shape index (κ3) is 3.44. The molecule has 0 bridgehead atoms. The highest BCUT2D eigenvalue weighted by Crippen LogP contribution is 2.30. The lowest BCUT2D eigenvalue weighted by Crippen LogP contribution is -2.43. The number of hydrogen-bond donors (Lipinski definition) is 1. The molecule has 1 aromatic heterocycles. The molecule has 2 aliphatic heterocycles. The first-order valence-electron chi connectivity index (χ1n) is 8.87. The summed E-state index contributed by atoms with van der Waals surface area (Å²) in [5.74, 6) is 0.617. The average molecular weight is 384 g/mol. The Bertz CT molecular complexity index is 1030. The van der Waals surface area contributed by atoms with E-state index in [1.165, 1.54) is 0 Å². The maximum atomic E-state index is 12.7. The number of likely N-dealkylation sites (tertiary alicyclic amines) is 1. The Morgan fingerprint density at radius 1 is 1.26 bits per heavy atom. The third-order valence-corrected chi connectivity index (χ3v) is 6.20. The van der Waals surface area contributed by atoms with Gasteiger partial charge in [-0.05, 0) is 49.6 Å². The van der Waals surface area contributed by atoms with Gasteiger partial charge in [-0.15, -0.1) is 4.40 Å². The lowest BCUT2D eigenvalue weighted by Gasteiger charge is -2.33. The lowest BCUT2D eigenvalue weighted by atomic mass is 9.96. The normalized spacial score (nSPS) is 20.7. The van der Waals surface area contributed by atoms with Crippen molar-refractivity contribution >= 4 is 27.6 Å². The second-order valence-electron chi connectivity index (χ2n) is 6.88. The predicted octanol–water partition coefficient (Wildman–Crippen LogP) is 2.19. The molecule has 0 radical (unpaired) electrons. The second-order valence-corrected chi connectivity index (χ2v) is 8.45. The zero-order valence-corrected chi connectivity index (χ0v) is 15.7. The van der Waals surface area contributed by atoms with Gasteiger partial charge < -0.3 is 10.2 Å². The molecule has 0 aliphatic carbocycles. The van der Waals surface area contributed by atoms with E-state index in [2.05, 4.69) is 14.7 Å². The van der Waals surface area contributed by atoms with Gasteiger partial charge in [-0.3, -0.25) is 4.79 Å². The molecule has 0 saturated carbocycles. The van der Waals surface area contributed by atoms with Gasteiger partial charge in [0.15, 0.2) is 5.84 Å². The van der Waals surface area contributed by atoms with E-state index in [1.54, 1.807) is 30.5 Å². The minimum atomic E-state index is -3.66. The number of benzene rings is 1. The number of nitrogens with one attached hydrogen (secondary N) is 1. The van der Waals surface area contributed by atoms with Crippen LogP contribution in [-0.2, 0) is 14.8 Å². The van der Waals surface area contributed by atoms with Gasteiger partial charge in [0.1, 0.15) is 10.7 Å². The fourth-order valence-corrected chi connectivity index (χ4v) is 4.76. The molecular formula is C19H20N4O3S. The summed E-state index contributed by atoms with van der Waals surface area (Å²) in [4.78, 5) is 19.0. The first kappa shape index (κ1) is 17.7. The summed E-state index contributed by atoms with van der Waals surface area (Å²) in [6, 6.07) is 10.5. The summed E-state index contributed by atoms with van der Waals surface area (Å²) in [5, 5.41) is 2.86. The van der Waals surface area contributed by atoms with Crippen LogP contribution in [0.1, 0.15) is 24.0 Å². The van der Waals surface area contributed by atoms with Gasteiger partial charge in [0.2, 0.25) is 5.91 Å². The lowest BCUT2D eigenvalue weighted by molar-refractivity contribution is -0.121. The Morgan fingerprint density at radius 2 is 2.07 bits per heavy atom. The van der Waals surface area contributed by atoms with Gasteiger partial charge in [-0.1, -0.05) is 12.1 Å². The molecule has 7 nitrogen and oxygen atoms in total. The topological polar surface area (TPSA) is 91.7 Å². The third-order valence-electron chi connectivity index (χ3n) is 4.87. The number of anilines is 1. The van der Waals surface area contributed by atoms with E-state index in [9.17, 15) is 13.2 Å². The van der Waals surface area contributed by atoms with Crippen LogP contribution in [0.25, 0.3) is 0 Å². The maximum absolute atomic E-state index is 12.7. The standard InChI is InChI=1S/C19H20N4O3S/c1-13-8-9-20-17(11-13)21-19(24)14-5-4-10-23(12-14)18-15-6-2-3-7-16(15)27(25,26)22-18/h2-3,6-9,11,14H,4-5,10,12H2,1H3,(H,20,21,24)/t14-/m0/s1. The van der Waals surface area contributed by atoms with Crippen molar-refractivity contribution in [3.05, 3.63) is 53.7 Å². The molecular weight excluding hydrogens is 364 g/mol. The van der Waals surface area contributed by atoms with Crippen LogP contribution < -0.4 is 5.32 Å². The molecule has 2 aliphatic rings. The van der Waals surface area contributed by atoms with E-state index in [0.717, 1.165) is 18.4 Å². The number of piperidine rings is 1. The van der Waals surface area contributed by atoms with Gasteiger partial charge in [0.25, 0.3) is 10.0 Å². The number of aromatic nitrogens is 1. The highest BCUT2D eigenvalue weighted by atomic mass is 32.2. The van der Waals surface area contributed by atoms with Crippen LogP contribution in [0.2, 0.25) is 0 Å². The molecule has 8 heteroatoms. The number of rotatable bonds is 2. The molecule has 1 saturated heterocycles. The number of nitrogens with zero attached hydrogens (tertiary/aromatic N) is 3. The summed E-state index contributed by atoms with van der Waals surface area (Å²) in [5.41, 5.74) is 1.63. The number of sulfonamides is 1. The van der Waals surface area contributed by atoms with Gasteiger partial charge in [0.05, 0.1) is 5.92 Å². The summed E-state index contributed by atoms with van der Waals surface area (Å²) in [7, 11) is -3.66. The highest BCUT2D eigenvalue weighted by molar-refractivity contribution is 7.90. The van der Waals surface area contributed by atoms with Crippen LogP contribution in [0.4, 0.5) is 5.82 Å². The number of carbonyl (C=O) groups is 1. The van der Waals surface area contributed by atoms with Gasteiger partial charge in [0, 0.05) is 24.8 Å².